The zero-order chi connectivity index (χ0) is 24.4. The summed E-state index contributed by atoms with van der Waals surface area (Å²) in [4.78, 5) is 13.8. The van der Waals surface area contributed by atoms with E-state index in [9.17, 15) is 13.2 Å². The summed E-state index contributed by atoms with van der Waals surface area (Å²) in [6.07, 6.45) is -2.79. The second-order valence-electron chi connectivity index (χ2n) is 7.75. The summed E-state index contributed by atoms with van der Waals surface area (Å²) in [6.45, 7) is 5.29. The lowest BCUT2D eigenvalue weighted by Gasteiger charge is -2.16. The Labute approximate surface area is 192 Å². The van der Waals surface area contributed by atoms with Gasteiger partial charge in [0.25, 0.3) is 6.43 Å². The number of aryl methyl sites for hydroxylation is 1. The van der Waals surface area contributed by atoms with Gasteiger partial charge in [-0.3, -0.25) is 4.98 Å². The maximum atomic E-state index is 13.6. The first kappa shape index (κ1) is 23.1. The lowest BCUT2D eigenvalue weighted by atomic mass is 9.99. The van der Waals surface area contributed by atoms with Crippen molar-refractivity contribution in [3.63, 3.8) is 0 Å². The van der Waals surface area contributed by atoms with E-state index in [0.717, 1.165) is 0 Å². The van der Waals surface area contributed by atoms with Gasteiger partial charge in [0.05, 0.1) is 17.3 Å². The maximum absolute atomic E-state index is 13.6. The van der Waals surface area contributed by atoms with Crippen LogP contribution in [0, 0.1) is 12.7 Å². The molecule has 0 aliphatic heterocycles. The van der Waals surface area contributed by atoms with E-state index in [1.807, 2.05) is 13.8 Å². The van der Waals surface area contributed by atoms with Crippen molar-refractivity contribution in [2.24, 2.45) is 0 Å². The van der Waals surface area contributed by atoms with Crippen LogP contribution in [0.5, 0.6) is 5.88 Å². The van der Waals surface area contributed by atoms with Crippen LogP contribution < -0.4 is 10.5 Å². The molecule has 0 amide bonds. The number of rotatable bonds is 7. The molecule has 3 heterocycles. The Morgan fingerprint density at radius 2 is 1.76 bits per heavy atom. The molecule has 0 aliphatic rings. The zero-order valence-electron chi connectivity index (χ0n) is 18.6. The summed E-state index contributed by atoms with van der Waals surface area (Å²) >= 11 is 0. The van der Waals surface area contributed by atoms with E-state index in [1.54, 1.807) is 13.0 Å². The summed E-state index contributed by atoms with van der Waals surface area (Å²) in [6, 6.07) is 8.37. The van der Waals surface area contributed by atoms with Gasteiger partial charge in [0, 0.05) is 11.3 Å². The molecular formula is C22H21F3N8O. The minimum atomic E-state index is -2.79. The topological polar surface area (TPSA) is 118 Å². The van der Waals surface area contributed by atoms with Crippen molar-refractivity contribution in [1.82, 2.24) is 35.2 Å². The number of pyridine rings is 1. The van der Waals surface area contributed by atoms with E-state index >= 15 is 0 Å². The number of tetrazole rings is 1. The highest BCUT2D eigenvalue weighted by molar-refractivity contribution is 5.85. The predicted octanol–water partition coefficient (Wildman–Crippen LogP) is 4.32. The van der Waals surface area contributed by atoms with Gasteiger partial charge in [0.2, 0.25) is 17.7 Å². The normalized spacial score (nSPS) is 11.4. The molecule has 0 fully saturated rings. The minimum absolute atomic E-state index is 0.00384. The highest BCUT2D eigenvalue weighted by atomic mass is 19.3. The standard InChI is InChI=1S/C22H21F3N8O/c1-11(2)33-31-17(30-32-33)10-34-21-18(14-8-12(3)27-16(9-14)20(24)25)19(28-22(26)29-21)13-4-6-15(23)7-5-13/h4-9,11,20H,10H2,1-3H3,(H2,26,28,29). The highest BCUT2D eigenvalue weighted by Gasteiger charge is 2.22. The number of ether oxygens (including phenoxy) is 1. The van der Waals surface area contributed by atoms with Crippen molar-refractivity contribution >= 4 is 5.95 Å². The lowest BCUT2D eigenvalue weighted by molar-refractivity contribution is 0.146. The molecule has 0 saturated heterocycles. The average Bonchev–Trinajstić information content (AvgIpc) is 3.27. The molecule has 9 nitrogen and oxygen atoms in total. The molecule has 0 bridgehead atoms. The number of nitrogens with two attached hydrogens (primary N) is 1. The van der Waals surface area contributed by atoms with Crippen molar-refractivity contribution in [3.8, 4) is 28.3 Å². The first-order valence-corrected chi connectivity index (χ1v) is 10.3. The number of alkyl halides is 2. The van der Waals surface area contributed by atoms with Crippen LogP contribution in [0.3, 0.4) is 0 Å². The molecule has 4 aromatic rings. The molecule has 12 heteroatoms. The minimum Gasteiger partial charge on any atom is -0.469 e. The van der Waals surface area contributed by atoms with E-state index < -0.39 is 17.9 Å². The van der Waals surface area contributed by atoms with Gasteiger partial charge in [0.15, 0.2) is 6.61 Å². The second-order valence-corrected chi connectivity index (χ2v) is 7.75. The van der Waals surface area contributed by atoms with Crippen LogP contribution in [0.2, 0.25) is 0 Å². The van der Waals surface area contributed by atoms with Gasteiger partial charge >= 0.3 is 0 Å². The number of nitrogens with zero attached hydrogens (tertiary/aromatic N) is 7. The predicted molar refractivity (Wildman–Crippen MR) is 117 cm³/mol. The van der Waals surface area contributed by atoms with Crippen LogP contribution >= 0.6 is 0 Å². The van der Waals surface area contributed by atoms with Crippen molar-refractivity contribution < 1.29 is 17.9 Å². The first-order chi connectivity index (χ1) is 16.2. The van der Waals surface area contributed by atoms with Crippen molar-refractivity contribution in [1.29, 1.82) is 0 Å². The third kappa shape index (κ3) is 4.95. The van der Waals surface area contributed by atoms with Crippen LogP contribution in [0.4, 0.5) is 19.1 Å². The third-order valence-electron chi connectivity index (χ3n) is 4.77. The highest BCUT2D eigenvalue weighted by Crippen LogP contribution is 2.39. The summed E-state index contributed by atoms with van der Waals surface area (Å²) < 4.78 is 46.4. The summed E-state index contributed by atoms with van der Waals surface area (Å²) in [5.74, 6) is -0.238. The van der Waals surface area contributed by atoms with E-state index in [2.05, 4.69) is 30.4 Å². The van der Waals surface area contributed by atoms with Crippen LogP contribution in [0.15, 0.2) is 36.4 Å². The number of nitrogen functional groups attached to an aromatic ring is 1. The van der Waals surface area contributed by atoms with Gasteiger partial charge in [-0.2, -0.15) is 9.78 Å². The molecule has 34 heavy (non-hydrogen) atoms. The fraction of sp³-hybridized carbons (Fsp3) is 0.273. The van der Waals surface area contributed by atoms with E-state index in [4.69, 9.17) is 10.5 Å². The van der Waals surface area contributed by atoms with Crippen LogP contribution in [0.1, 0.15) is 43.5 Å². The second kappa shape index (κ2) is 9.41. The number of anilines is 1. The van der Waals surface area contributed by atoms with E-state index in [0.29, 0.717) is 28.2 Å². The van der Waals surface area contributed by atoms with Crippen molar-refractivity contribution in [2.75, 3.05) is 5.73 Å². The molecule has 4 rings (SSSR count). The molecule has 0 radical (unpaired) electrons. The fourth-order valence-electron chi connectivity index (χ4n) is 3.25. The number of benzene rings is 1. The molecule has 2 N–H and O–H groups in total. The molecule has 3 aromatic heterocycles. The van der Waals surface area contributed by atoms with Crippen LogP contribution in [-0.4, -0.2) is 35.2 Å². The van der Waals surface area contributed by atoms with Crippen molar-refractivity contribution in [3.05, 3.63) is 59.4 Å². The number of hydrogen-bond donors (Lipinski definition) is 1. The van der Waals surface area contributed by atoms with E-state index in [-0.39, 0.29) is 30.2 Å². The average molecular weight is 470 g/mol. The van der Waals surface area contributed by atoms with Gasteiger partial charge in [-0.15, -0.1) is 10.2 Å². The first-order valence-electron chi connectivity index (χ1n) is 10.3. The molecule has 176 valence electrons. The smallest absolute Gasteiger partial charge is 0.280 e. The Balaban J connectivity index is 1.85. The van der Waals surface area contributed by atoms with Crippen molar-refractivity contribution in [2.45, 2.75) is 39.8 Å². The number of halogens is 3. The summed E-state index contributed by atoms with van der Waals surface area (Å²) in [5, 5.41) is 12.1. The largest absolute Gasteiger partial charge is 0.469 e. The van der Waals surface area contributed by atoms with Gasteiger partial charge in [-0.05, 0) is 67.9 Å². The number of hydrogen-bond acceptors (Lipinski definition) is 8. The molecule has 1 aromatic carbocycles. The summed E-state index contributed by atoms with van der Waals surface area (Å²) in [7, 11) is 0. The van der Waals surface area contributed by atoms with Gasteiger partial charge in [-0.1, -0.05) is 0 Å². The molecule has 0 spiro atoms. The zero-order valence-corrected chi connectivity index (χ0v) is 18.6. The quantitative estimate of drug-likeness (QED) is 0.424. The Kier molecular flexibility index (Phi) is 6.39. The van der Waals surface area contributed by atoms with Crippen LogP contribution in [0.25, 0.3) is 22.4 Å². The third-order valence-corrected chi connectivity index (χ3v) is 4.77. The molecule has 0 saturated carbocycles. The summed E-state index contributed by atoms with van der Waals surface area (Å²) in [5.41, 5.74) is 7.31. The molecule has 0 atom stereocenters. The molecular weight excluding hydrogens is 449 g/mol. The Hall–Kier alpha value is -4.09. The van der Waals surface area contributed by atoms with Gasteiger partial charge < -0.3 is 10.5 Å². The van der Waals surface area contributed by atoms with Gasteiger partial charge in [0.1, 0.15) is 11.5 Å². The number of aromatic nitrogens is 7. The maximum Gasteiger partial charge on any atom is 0.280 e. The lowest BCUT2D eigenvalue weighted by Crippen LogP contribution is -2.08. The van der Waals surface area contributed by atoms with E-state index in [1.165, 1.54) is 35.1 Å². The molecule has 0 unspecified atom stereocenters. The molecule has 0 aliphatic carbocycles. The van der Waals surface area contributed by atoms with Crippen LogP contribution in [-0.2, 0) is 6.61 Å². The fourth-order valence-corrected chi connectivity index (χ4v) is 3.25. The monoisotopic (exact) mass is 470 g/mol. The Bertz CT molecular complexity index is 1310. The Morgan fingerprint density at radius 3 is 2.41 bits per heavy atom. The SMILES string of the molecule is Cc1cc(-c2c(OCc3nnn(C(C)C)n3)nc(N)nc2-c2ccc(F)cc2)cc(C(F)F)n1. The van der Waals surface area contributed by atoms with Gasteiger partial charge in [-0.25, -0.2) is 18.2 Å². The Morgan fingerprint density at radius 1 is 1.03 bits per heavy atom.